The van der Waals surface area contributed by atoms with Crippen LogP contribution in [0.3, 0.4) is 0 Å². The van der Waals surface area contributed by atoms with Gasteiger partial charge in [-0.3, -0.25) is 4.72 Å². The molecule has 0 aromatic heterocycles. The van der Waals surface area contributed by atoms with Crippen molar-refractivity contribution < 1.29 is 22.7 Å². The highest BCUT2D eigenvalue weighted by molar-refractivity contribution is 7.92. The van der Waals surface area contributed by atoms with Gasteiger partial charge in [-0.05, 0) is 95.3 Å². The molecule has 8 nitrogen and oxygen atoms in total. The van der Waals surface area contributed by atoms with Crippen molar-refractivity contribution in [2.75, 3.05) is 22.0 Å². The van der Waals surface area contributed by atoms with Crippen LogP contribution in [0.15, 0.2) is 83.8 Å². The zero-order chi connectivity index (χ0) is 26.4. The van der Waals surface area contributed by atoms with Crippen molar-refractivity contribution in [3.8, 4) is 5.75 Å². The molecule has 36 heavy (non-hydrogen) atoms. The lowest BCUT2D eigenvalue weighted by atomic mass is 10.1. The third-order valence-corrected chi connectivity index (χ3v) is 6.20. The number of sulfonamides is 1. The van der Waals surface area contributed by atoms with E-state index in [0.29, 0.717) is 29.4 Å². The van der Waals surface area contributed by atoms with Crippen LogP contribution in [0.5, 0.6) is 5.75 Å². The second-order valence-electron chi connectivity index (χ2n) is 9.86. The Bertz CT molecular complexity index is 1250. The summed E-state index contributed by atoms with van der Waals surface area (Å²) in [5.41, 5.74) is 0.726. The van der Waals surface area contributed by atoms with Crippen molar-refractivity contribution in [3.05, 3.63) is 78.9 Å². The SMILES string of the molecule is CC(C)(C)OCC(C)(C)Oc1ccc(NC(=O)Nc2ccc(S(=O)(=O)Nc3ccccc3)cc2)cc1. The van der Waals surface area contributed by atoms with E-state index in [1.807, 2.05) is 34.6 Å². The Hall–Kier alpha value is -3.56. The lowest BCUT2D eigenvalue weighted by molar-refractivity contribution is -0.0722. The largest absolute Gasteiger partial charge is 0.485 e. The highest BCUT2D eigenvalue weighted by Gasteiger charge is 2.24. The molecule has 192 valence electrons. The van der Waals surface area contributed by atoms with Crippen LogP contribution in [0.4, 0.5) is 21.9 Å². The maximum absolute atomic E-state index is 12.5. The van der Waals surface area contributed by atoms with Gasteiger partial charge < -0.3 is 20.1 Å². The van der Waals surface area contributed by atoms with Crippen LogP contribution in [-0.4, -0.2) is 32.3 Å². The van der Waals surface area contributed by atoms with Crippen LogP contribution in [-0.2, 0) is 14.8 Å². The van der Waals surface area contributed by atoms with Gasteiger partial charge in [-0.15, -0.1) is 0 Å². The summed E-state index contributed by atoms with van der Waals surface area (Å²) in [5, 5.41) is 5.43. The van der Waals surface area contributed by atoms with Crippen molar-refractivity contribution in [2.24, 2.45) is 0 Å². The average Bonchev–Trinajstić information content (AvgIpc) is 2.79. The molecular weight excluding hydrogens is 478 g/mol. The Morgan fingerprint density at radius 1 is 0.750 bits per heavy atom. The molecule has 0 bridgehead atoms. The molecule has 0 unspecified atom stereocenters. The quantitative estimate of drug-likeness (QED) is 0.322. The molecule has 0 radical (unpaired) electrons. The Balaban J connectivity index is 1.53. The second kappa shape index (κ2) is 11.0. The van der Waals surface area contributed by atoms with Gasteiger partial charge in [-0.25, -0.2) is 13.2 Å². The fourth-order valence-electron chi connectivity index (χ4n) is 3.08. The zero-order valence-electron chi connectivity index (χ0n) is 21.2. The van der Waals surface area contributed by atoms with E-state index < -0.39 is 21.7 Å². The zero-order valence-corrected chi connectivity index (χ0v) is 22.0. The monoisotopic (exact) mass is 511 g/mol. The minimum atomic E-state index is -3.73. The molecule has 9 heteroatoms. The molecule has 0 heterocycles. The van der Waals surface area contributed by atoms with E-state index in [4.69, 9.17) is 9.47 Å². The summed E-state index contributed by atoms with van der Waals surface area (Å²) in [6, 6.07) is 21.1. The highest BCUT2D eigenvalue weighted by atomic mass is 32.2. The van der Waals surface area contributed by atoms with Crippen LogP contribution in [0.1, 0.15) is 34.6 Å². The van der Waals surface area contributed by atoms with Crippen LogP contribution in [0.25, 0.3) is 0 Å². The highest BCUT2D eigenvalue weighted by Crippen LogP contribution is 2.23. The Morgan fingerprint density at radius 3 is 1.81 bits per heavy atom. The minimum absolute atomic E-state index is 0.0868. The third kappa shape index (κ3) is 8.58. The van der Waals surface area contributed by atoms with Gasteiger partial charge in [0.25, 0.3) is 10.0 Å². The van der Waals surface area contributed by atoms with E-state index in [1.54, 1.807) is 54.6 Å². The van der Waals surface area contributed by atoms with Crippen LogP contribution < -0.4 is 20.1 Å². The van der Waals surface area contributed by atoms with E-state index in [-0.39, 0.29) is 10.5 Å². The molecule has 0 spiro atoms. The van der Waals surface area contributed by atoms with Gasteiger partial charge in [0.1, 0.15) is 11.4 Å². The number of hydrogen-bond acceptors (Lipinski definition) is 5. The van der Waals surface area contributed by atoms with Gasteiger partial charge in [0, 0.05) is 17.1 Å². The molecule has 0 aliphatic rings. The lowest BCUT2D eigenvalue weighted by Crippen LogP contribution is -2.37. The van der Waals surface area contributed by atoms with Gasteiger partial charge in [-0.2, -0.15) is 0 Å². The van der Waals surface area contributed by atoms with Crippen LogP contribution >= 0.6 is 0 Å². The number of amides is 2. The van der Waals surface area contributed by atoms with Crippen molar-refractivity contribution in [1.82, 2.24) is 0 Å². The molecule has 2 amide bonds. The molecular formula is C27H33N3O5S. The van der Waals surface area contributed by atoms with Gasteiger partial charge >= 0.3 is 6.03 Å². The summed E-state index contributed by atoms with van der Waals surface area (Å²) in [6.07, 6.45) is 0. The Morgan fingerprint density at radius 2 is 1.28 bits per heavy atom. The fraction of sp³-hybridized carbons (Fsp3) is 0.296. The number of hydrogen-bond donors (Lipinski definition) is 3. The van der Waals surface area contributed by atoms with Crippen LogP contribution in [0, 0.1) is 0 Å². The molecule has 3 aromatic carbocycles. The maximum atomic E-state index is 12.5. The number of ether oxygens (including phenoxy) is 2. The van der Waals surface area contributed by atoms with Gasteiger partial charge in [-0.1, -0.05) is 18.2 Å². The summed E-state index contributed by atoms with van der Waals surface area (Å²) >= 11 is 0. The minimum Gasteiger partial charge on any atom is -0.485 e. The number of benzene rings is 3. The standard InChI is InChI=1S/C27H33N3O5S/c1-26(2,3)34-19-27(4,5)35-23-15-11-20(12-16-23)28-25(31)29-21-13-17-24(18-14-21)36(32,33)30-22-9-7-6-8-10-22/h6-18,30H,19H2,1-5H3,(H2,28,29,31). The predicted molar refractivity (Wildman–Crippen MR) is 143 cm³/mol. The first kappa shape index (κ1) is 27.0. The van der Waals surface area contributed by atoms with Gasteiger partial charge in [0.2, 0.25) is 0 Å². The number of carbonyl (C=O) groups is 1. The summed E-state index contributed by atoms with van der Waals surface area (Å²) in [5.74, 6) is 0.657. The van der Waals surface area contributed by atoms with Crippen molar-refractivity contribution >= 4 is 33.1 Å². The summed E-state index contributed by atoms with van der Waals surface area (Å²) in [4.78, 5) is 12.5. The first-order valence-corrected chi connectivity index (χ1v) is 13.0. The molecule has 0 saturated heterocycles. The van der Waals surface area contributed by atoms with E-state index in [9.17, 15) is 13.2 Å². The number of carbonyl (C=O) groups excluding carboxylic acids is 1. The van der Waals surface area contributed by atoms with Gasteiger partial charge in [0.15, 0.2) is 0 Å². The predicted octanol–water partition coefficient (Wildman–Crippen LogP) is 6.10. The molecule has 3 aromatic rings. The molecule has 0 aliphatic carbocycles. The maximum Gasteiger partial charge on any atom is 0.323 e. The summed E-state index contributed by atoms with van der Waals surface area (Å²) in [7, 11) is -3.73. The van der Waals surface area contributed by atoms with Crippen molar-refractivity contribution in [2.45, 2.75) is 50.7 Å². The number of urea groups is 1. The Kier molecular flexibility index (Phi) is 8.27. The molecule has 0 atom stereocenters. The molecule has 0 saturated carbocycles. The number of nitrogens with one attached hydrogen (secondary N) is 3. The number of anilines is 3. The van der Waals surface area contributed by atoms with E-state index >= 15 is 0 Å². The van der Waals surface area contributed by atoms with E-state index in [2.05, 4.69) is 15.4 Å². The first-order chi connectivity index (χ1) is 16.8. The molecule has 3 N–H and O–H groups in total. The lowest BCUT2D eigenvalue weighted by Gasteiger charge is -2.30. The summed E-state index contributed by atoms with van der Waals surface area (Å²) < 4.78 is 39.4. The summed E-state index contributed by atoms with van der Waals surface area (Å²) in [6.45, 7) is 10.3. The molecule has 0 fully saturated rings. The fourth-order valence-corrected chi connectivity index (χ4v) is 4.13. The normalized spacial score (nSPS) is 12.0. The van der Waals surface area contributed by atoms with Crippen LogP contribution in [0.2, 0.25) is 0 Å². The average molecular weight is 512 g/mol. The molecule has 0 aliphatic heterocycles. The second-order valence-corrected chi connectivity index (χ2v) is 11.5. The number of para-hydroxylation sites is 1. The van der Waals surface area contributed by atoms with E-state index in [1.165, 1.54) is 24.3 Å². The van der Waals surface area contributed by atoms with Crippen molar-refractivity contribution in [1.29, 1.82) is 0 Å². The van der Waals surface area contributed by atoms with Crippen molar-refractivity contribution in [3.63, 3.8) is 0 Å². The topological polar surface area (TPSA) is 106 Å². The Labute approximate surface area is 213 Å². The number of rotatable bonds is 9. The van der Waals surface area contributed by atoms with Gasteiger partial charge in [0.05, 0.1) is 17.1 Å². The smallest absolute Gasteiger partial charge is 0.323 e. The molecule has 3 rings (SSSR count). The van der Waals surface area contributed by atoms with E-state index in [0.717, 1.165) is 0 Å². The third-order valence-electron chi connectivity index (χ3n) is 4.81. The first-order valence-electron chi connectivity index (χ1n) is 11.5.